The topological polar surface area (TPSA) is 0 Å². The Morgan fingerprint density at radius 2 is 0.921 bits per heavy atom. The normalized spacial score (nSPS) is 17.1. The van der Waals surface area contributed by atoms with Crippen LogP contribution in [0.15, 0.2) is 108 Å². The number of halogens is 2. The van der Waals surface area contributed by atoms with E-state index < -0.39 is 26.6 Å². The Morgan fingerprint density at radius 3 is 1.29 bits per heavy atom. The molecule has 0 aliphatic heterocycles. The summed E-state index contributed by atoms with van der Waals surface area (Å²) in [5.74, 6) is -0.799. The minimum Gasteiger partial charge on any atom is -1.00 e. The molecule has 4 aromatic carbocycles. The van der Waals surface area contributed by atoms with Gasteiger partial charge in [0, 0.05) is 0 Å². The third-order valence-electron chi connectivity index (χ3n) is 8.02. The van der Waals surface area contributed by atoms with Gasteiger partial charge in [0.25, 0.3) is 0 Å². The van der Waals surface area contributed by atoms with E-state index in [4.69, 9.17) is 0 Å². The Hall–Kier alpha value is -1.97. The number of hydrogen-bond acceptors (Lipinski definition) is 0. The first kappa shape index (κ1) is 29.0. The van der Waals surface area contributed by atoms with Gasteiger partial charge < -0.3 is 24.8 Å². The molecule has 0 fully saturated rings. The van der Waals surface area contributed by atoms with Gasteiger partial charge in [0.2, 0.25) is 0 Å². The summed E-state index contributed by atoms with van der Waals surface area (Å²) in [6.07, 6.45) is 5.03. The Labute approximate surface area is 248 Å². The quantitative estimate of drug-likeness (QED) is 0.279. The maximum atomic E-state index is 2.65. The molecular weight excluding hydrogens is 686 g/mol. The molecule has 2 aliphatic rings. The molecule has 0 amide bonds. The first-order valence-electron chi connectivity index (χ1n) is 13.1. The molecule has 4 heteroatoms. The Morgan fingerprint density at radius 1 is 0.526 bits per heavy atom. The van der Waals surface area contributed by atoms with E-state index in [1.54, 1.807) is 22.3 Å². The van der Waals surface area contributed by atoms with Gasteiger partial charge in [0.1, 0.15) is 0 Å². The SMILES string of the molecule is CC1=Cc2cc(-c3ccccc3)ccc2[CH]1[Hf+2]([CH]1C(C)=Cc2cc(-c3ccccc3)ccc21)[SiH](C)C.[Cl-].[Cl-]. The average molecular weight is 719 g/mol. The van der Waals surface area contributed by atoms with E-state index in [1.165, 1.54) is 33.4 Å². The number of hydrogen-bond donors (Lipinski definition) is 0. The van der Waals surface area contributed by atoms with E-state index in [0.29, 0.717) is 0 Å². The smallest absolute Gasteiger partial charge is 1.00 e. The van der Waals surface area contributed by atoms with Crippen LogP contribution in [-0.4, -0.2) is 5.98 Å². The van der Waals surface area contributed by atoms with Crippen LogP contribution >= 0.6 is 0 Å². The summed E-state index contributed by atoms with van der Waals surface area (Å²) < 4.78 is 1.43. The van der Waals surface area contributed by atoms with Crippen molar-refractivity contribution < 1.29 is 45.4 Å². The van der Waals surface area contributed by atoms with Crippen LogP contribution in [0.5, 0.6) is 0 Å². The largest absolute Gasteiger partial charge is 1.00 e. The van der Waals surface area contributed by atoms with Crippen LogP contribution in [-0.2, 0) is 20.6 Å². The van der Waals surface area contributed by atoms with Crippen LogP contribution in [0.1, 0.15) is 43.5 Å². The molecule has 38 heavy (non-hydrogen) atoms. The standard InChI is InChI=1S/2C16H13.C2H7Si.2ClH.Hf/c2*1-12-9-14-7-8-15(11-16(14)10-12)13-5-3-2-4-6-13;1-3-2;;;/h2*2-11H,1H3;3H,1-2H3;2*1H;/q;;;;;+2/p-2. The van der Waals surface area contributed by atoms with Crippen LogP contribution < -0.4 is 24.8 Å². The van der Waals surface area contributed by atoms with Gasteiger partial charge in [0.15, 0.2) is 0 Å². The van der Waals surface area contributed by atoms with E-state index >= 15 is 0 Å². The van der Waals surface area contributed by atoms with Crippen molar-refractivity contribution in [3.63, 3.8) is 0 Å². The molecule has 6 rings (SSSR count). The maximum absolute atomic E-state index is 2.65. The molecule has 2 unspecified atom stereocenters. The summed E-state index contributed by atoms with van der Waals surface area (Å²) in [4.78, 5) is 0. The molecule has 0 N–H and O–H groups in total. The van der Waals surface area contributed by atoms with Crippen molar-refractivity contribution in [1.29, 1.82) is 0 Å². The first-order valence-corrected chi connectivity index (χ1v) is 26.4. The average Bonchev–Trinajstić information content (AvgIpc) is 3.40. The maximum Gasteiger partial charge on any atom is -1.00 e. The van der Waals surface area contributed by atoms with Crippen molar-refractivity contribution in [3.05, 3.63) is 130 Å². The fourth-order valence-electron chi connectivity index (χ4n) is 6.41. The van der Waals surface area contributed by atoms with Gasteiger partial charge in [0.05, 0.1) is 0 Å². The van der Waals surface area contributed by atoms with Crippen molar-refractivity contribution in [3.8, 4) is 22.3 Å². The minimum atomic E-state index is -2.16. The van der Waals surface area contributed by atoms with Crippen LogP contribution in [0.3, 0.4) is 0 Å². The summed E-state index contributed by atoms with van der Waals surface area (Å²) in [6.45, 7) is 10.1. The van der Waals surface area contributed by atoms with E-state index in [1.807, 2.05) is 0 Å². The van der Waals surface area contributed by atoms with Gasteiger partial charge in [-0.15, -0.1) is 0 Å². The molecule has 0 spiro atoms. The van der Waals surface area contributed by atoms with Gasteiger partial charge in [-0.1, -0.05) is 0 Å². The van der Waals surface area contributed by atoms with E-state index in [0.717, 1.165) is 7.35 Å². The second-order valence-electron chi connectivity index (χ2n) is 10.7. The second-order valence-corrected chi connectivity index (χ2v) is 38.7. The molecular formula is C34H33Cl2HfSi. The molecule has 4 aromatic rings. The molecule has 0 heterocycles. The van der Waals surface area contributed by atoms with E-state index in [2.05, 4.69) is 136 Å². The van der Waals surface area contributed by atoms with Crippen molar-refractivity contribution in [1.82, 2.24) is 0 Å². The molecule has 0 aromatic heterocycles. The molecule has 2 aliphatic carbocycles. The predicted molar refractivity (Wildman–Crippen MR) is 155 cm³/mol. The summed E-state index contributed by atoms with van der Waals surface area (Å²) in [5.41, 5.74) is 14.7. The summed E-state index contributed by atoms with van der Waals surface area (Å²) >= 11 is -2.16. The molecule has 191 valence electrons. The number of fused-ring (bicyclic) bond motifs is 2. The first-order chi connectivity index (χ1) is 17.5. The molecule has 0 nitrogen and oxygen atoms in total. The van der Waals surface area contributed by atoms with Gasteiger partial charge in [-0.05, 0) is 0 Å². The molecule has 2 atom stereocenters. The fourth-order valence-corrected chi connectivity index (χ4v) is 39.4. The van der Waals surface area contributed by atoms with Gasteiger partial charge >= 0.3 is 226 Å². The summed E-state index contributed by atoms with van der Waals surface area (Å²) in [5, 5.41) is 0. The number of benzene rings is 4. The summed E-state index contributed by atoms with van der Waals surface area (Å²) in [7, 11) is 0. The second kappa shape index (κ2) is 12.0. The molecule has 0 saturated heterocycles. The van der Waals surface area contributed by atoms with E-state index in [-0.39, 0.29) is 24.8 Å². The van der Waals surface area contributed by atoms with Gasteiger partial charge in [-0.3, -0.25) is 0 Å². The van der Waals surface area contributed by atoms with Crippen LogP contribution in [0, 0.1) is 0 Å². The predicted octanol–water partition coefficient (Wildman–Crippen LogP) is 3.25. The Kier molecular flexibility index (Phi) is 9.20. The third-order valence-corrected chi connectivity index (χ3v) is 39.5. The van der Waals surface area contributed by atoms with Crippen LogP contribution in [0.25, 0.3) is 34.4 Å². The van der Waals surface area contributed by atoms with Crippen LogP contribution in [0.4, 0.5) is 0 Å². The zero-order valence-electron chi connectivity index (χ0n) is 22.4. The monoisotopic (exact) mass is 719 g/mol. The Bertz CT molecular complexity index is 1380. The summed E-state index contributed by atoms with van der Waals surface area (Å²) in [6, 6.07) is 36.2. The number of rotatable bonds is 5. The van der Waals surface area contributed by atoms with Crippen molar-refractivity contribution in [2.24, 2.45) is 0 Å². The van der Waals surface area contributed by atoms with Crippen molar-refractivity contribution in [2.75, 3.05) is 0 Å². The molecule has 0 bridgehead atoms. The zero-order valence-corrected chi connectivity index (χ0v) is 28.6. The number of allylic oxidation sites excluding steroid dienone is 2. The minimum absolute atomic E-state index is 0. The van der Waals surface area contributed by atoms with Crippen LogP contribution in [0.2, 0.25) is 13.1 Å². The van der Waals surface area contributed by atoms with Gasteiger partial charge in [-0.25, -0.2) is 0 Å². The van der Waals surface area contributed by atoms with Crippen molar-refractivity contribution >= 4 is 18.1 Å². The molecule has 0 saturated carbocycles. The van der Waals surface area contributed by atoms with E-state index in [9.17, 15) is 0 Å². The molecule has 0 radical (unpaired) electrons. The Balaban J connectivity index is 0.00000168. The third kappa shape index (κ3) is 5.26. The zero-order chi connectivity index (χ0) is 24.8. The van der Waals surface area contributed by atoms with Gasteiger partial charge in [-0.2, -0.15) is 0 Å². The van der Waals surface area contributed by atoms with Crippen molar-refractivity contribution in [2.45, 2.75) is 34.3 Å². The fraction of sp³-hybridized carbons (Fsp3) is 0.176.